The van der Waals surface area contributed by atoms with Gasteiger partial charge in [0.2, 0.25) is 0 Å². The predicted octanol–water partition coefficient (Wildman–Crippen LogP) is 5.56. The zero-order chi connectivity index (χ0) is 22.8. The molecule has 3 aromatic carbocycles. The van der Waals surface area contributed by atoms with Crippen LogP contribution in [0.15, 0.2) is 67.0 Å². The molecule has 4 aromatic heterocycles. The molecule has 162 valence electrons. The van der Waals surface area contributed by atoms with Crippen molar-refractivity contribution in [1.82, 2.24) is 24.9 Å². The number of hydrogen-bond acceptors (Lipinski definition) is 7. The van der Waals surface area contributed by atoms with E-state index in [9.17, 15) is 0 Å². The van der Waals surface area contributed by atoms with Crippen LogP contribution in [0.4, 0.5) is 5.69 Å². The third-order valence-electron chi connectivity index (χ3n) is 6.25. The summed E-state index contributed by atoms with van der Waals surface area (Å²) in [4.78, 5) is 24.3. The van der Waals surface area contributed by atoms with Crippen molar-refractivity contribution in [3.05, 3.63) is 67.0 Å². The van der Waals surface area contributed by atoms with Crippen molar-refractivity contribution < 1.29 is 4.74 Å². The molecular weight excluding hydrogens is 424 g/mol. The van der Waals surface area contributed by atoms with Gasteiger partial charge in [0.05, 0.1) is 45.4 Å². The SMILES string of the molecule is CCOc1ccc2nc3c(ccc4nc5c6cccnc6c6ncccc6c5nc43)c(N)c2c1. The summed E-state index contributed by atoms with van der Waals surface area (Å²) in [5.74, 6) is 0.772. The Kier molecular flexibility index (Phi) is 3.84. The number of fused-ring (bicyclic) bond motifs is 10. The lowest BCUT2D eigenvalue weighted by molar-refractivity contribution is 0.341. The van der Waals surface area contributed by atoms with Crippen LogP contribution in [0.5, 0.6) is 5.75 Å². The van der Waals surface area contributed by atoms with Crippen molar-refractivity contribution in [2.45, 2.75) is 6.92 Å². The highest BCUT2D eigenvalue weighted by molar-refractivity contribution is 6.23. The van der Waals surface area contributed by atoms with Crippen LogP contribution >= 0.6 is 0 Å². The average Bonchev–Trinajstić information content (AvgIpc) is 2.88. The maximum atomic E-state index is 6.63. The number of pyridine rings is 3. The summed E-state index contributed by atoms with van der Waals surface area (Å²) in [6.07, 6.45) is 3.55. The van der Waals surface area contributed by atoms with Gasteiger partial charge in [-0.05, 0) is 61.5 Å². The highest BCUT2D eigenvalue weighted by Gasteiger charge is 2.17. The van der Waals surface area contributed by atoms with Crippen molar-refractivity contribution in [2.75, 3.05) is 12.3 Å². The van der Waals surface area contributed by atoms with Gasteiger partial charge < -0.3 is 10.5 Å². The van der Waals surface area contributed by atoms with Crippen molar-refractivity contribution in [3.63, 3.8) is 0 Å². The molecule has 0 aliphatic rings. The van der Waals surface area contributed by atoms with Crippen LogP contribution in [-0.4, -0.2) is 31.5 Å². The van der Waals surface area contributed by atoms with E-state index in [0.717, 1.165) is 65.9 Å². The van der Waals surface area contributed by atoms with Gasteiger partial charge in [0.15, 0.2) is 0 Å². The minimum atomic E-state index is 0.590. The molecule has 0 aliphatic heterocycles. The Balaban J connectivity index is 1.65. The molecule has 0 radical (unpaired) electrons. The molecule has 0 fully saturated rings. The van der Waals surface area contributed by atoms with E-state index in [-0.39, 0.29) is 0 Å². The highest BCUT2D eigenvalue weighted by atomic mass is 16.5. The van der Waals surface area contributed by atoms with E-state index >= 15 is 0 Å². The molecule has 0 saturated heterocycles. The minimum absolute atomic E-state index is 0.590. The van der Waals surface area contributed by atoms with E-state index in [2.05, 4.69) is 9.97 Å². The summed E-state index contributed by atoms with van der Waals surface area (Å²) in [7, 11) is 0. The second kappa shape index (κ2) is 6.92. The fourth-order valence-corrected chi connectivity index (χ4v) is 4.73. The third-order valence-corrected chi connectivity index (χ3v) is 6.25. The lowest BCUT2D eigenvalue weighted by atomic mass is 10.0. The first-order chi connectivity index (χ1) is 16.7. The summed E-state index contributed by atoms with van der Waals surface area (Å²) in [5, 5.41) is 3.53. The summed E-state index contributed by atoms with van der Waals surface area (Å²) in [6.45, 7) is 2.55. The first-order valence-corrected chi connectivity index (χ1v) is 11.1. The Morgan fingerprint density at radius 2 is 1.29 bits per heavy atom. The zero-order valence-corrected chi connectivity index (χ0v) is 18.3. The molecule has 0 bridgehead atoms. The molecule has 0 aliphatic carbocycles. The maximum absolute atomic E-state index is 6.63. The topological polar surface area (TPSA) is 99.7 Å². The normalized spacial score (nSPS) is 11.9. The first-order valence-electron chi connectivity index (χ1n) is 11.1. The van der Waals surface area contributed by atoms with Crippen molar-refractivity contribution in [2.24, 2.45) is 0 Å². The molecule has 7 nitrogen and oxygen atoms in total. The van der Waals surface area contributed by atoms with Gasteiger partial charge in [0, 0.05) is 33.9 Å². The van der Waals surface area contributed by atoms with Gasteiger partial charge in [-0.1, -0.05) is 0 Å². The van der Waals surface area contributed by atoms with Crippen LogP contribution in [0.3, 0.4) is 0 Å². The first kappa shape index (κ1) is 18.9. The Morgan fingerprint density at radius 1 is 0.647 bits per heavy atom. The molecule has 0 amide bonds. The lowest BCUT2D eigenvalue weighted by Gasteiger charge is -2.12. The number of nitrogens with zero attached hydrogens (tertiary/aromatic N) is 5. The van der Waals surface area contributed by atoms with Gasteiger partial charge in [-0.3, -0.25) is 9.97 Å². The summed E-state index contributed by atoms with van der Waals surface area (Å²) < 4.78 is 5.66. The van der Waals surface area contributed by atoms with Crippen LogP contribution in [0, 0.1) is 0 Å². The third kappa shape index (κ3) is 2.55. The van der Waals surface area contributed by atoms with Crippen molar-refractivity contribution in [1.29, 1.82) is 0 Å². The second-order valence-electron chi connectivity index (χ2n) is 8.19. The molecular formula is C27H18N6O. The molecule has 7 heteroatoms. The van der Waals surface area contributed by atoms with Crippen LogP contribution in [0.25, 0.3) is 65.7 Å². The van der Waals surface area contributed by atoms with Crippen molar-refractivity contribution in [3.8, 4) is 5.75 Å². The number of ether oxygens (including phenoxy) is 1. The number of hydrogen-bond donors (Lipinski definition) is 1. The number of anilines is 1. The van der Waals surface area contributed by atoms with Crippen LogP contribution < -0.4 is 10.5 Å². The standard InChI is InChI=1S/C27H18N6O/c1-2-34-14-7-9-19-18(13-14)21(28)15-8-10-20-27(24(15)31-19)33-26-17-6-4-12-30-23(17)22-16(25(26)32-20)5-3-11-29-22/h3-13H,2H2,1H3,(H2,28,31). The molecule has 0 atom stereocenters. The number of nitrogen functional groups attached to an aromatic ring is 1. The summed E-state index contributed by atoms with van der Waals surface area (Å²) in [5.41, 5.74) is 13.5. The van der Waals surface area contributed by atoms with Crippen molar-refractivity contribution >= 4 is 71.4 Å². The van der Waals surface area contributed by atoms with E-state index < -0.39 is 0 Å². The lowest BCUT2D eigenvalue weighted by Crippen LogP contribution is -1.98. The van der Waals surface area contributed by atoms with Crippen LogP contribution in [-0.2, 0) is 0 Å². The van der Waals surface area contributed by atoms with Gasteiger partial charge in [0.1, 0.15) is 16.8 Å². The van der Waals surface area contributed by atoms with Gasteiger partial charge in [-0.25, -0.2) is 15.0 Å². The summed E-state index contributed by atoms with van der Waals surface area (Å²) in [6, 6.07) is 17.5. The Morgan fingerprint density at radius 3 is 2.03 bits per heavy atom. The van der Waals surface area contributed by atoms with Gasteiger partial charge in [0.25, 0.3) is 0 Å². The Bertz CT molecular complexity index is 1950. The smallest absolute Gasteiger partial charge is 0.120 e. The highest BCUT2D eigenvalue weighted by Crippen LogP contribution is 2.36. The van der Waals surface area contributed by atoms with E-state index in [1.807, 2.05) is 61.5 Å². The second-order valence-corrected chi connectivity index (χ2v) is 8.19. The van der Waals surface area contributed by atoms with Gasteiger partial charge in [-0.2, -0.15) is 0 Å². The van der Waals surface area contributed by atoms with E-state index in [1.165, 1.54) is 0 Å². The molecule has 7 rings (SSSR count). The molecule has 0 unspecified atom stereocenters. The van der Waals surface area contributed by atoms with Crippen LogP contribution in [0.1, 0.15) is 6.92 Å². The van der Waals surface area contributed by atoms with Gasteiger partial charge >= 0.3 is 0 Å². The predicted molar refractivity (Wildman–Crippen MR) is 136 cm³/mol. The molecule has 2 N–H and O–H groups in total. The molecule has 34 heavy (non-hydrogen) atoms. The number of rotatable bonds is 2. The molecule has 0 saturated carbocycles. The van der Waals surface area contributed by atoms with Crippen LogP contribution in [0.2, 0.25) is 0 Å². The number of nitrogens with two attached hydrogens (primary N) is 1. The number of benzene rings is 3. The molecule has 0 spiro atoms. The zero-order valence-electron chi connectivity index (χ0n) is 18.3. The quantitative estimate of drug-likeness (QED) is 0.276. The van der Waals surface area contributed by atoms with E-state index in [0.29, 0.717) is 17.8 Å². The monoisotopic (exact) mass is 442 g/mol. The van der Waals surface area contributed by atoms with E-state index in [4.69, 9.17) is 25.4 Å². The Labute approximate surface area is 193 Å². The van der Waals surface area contributed by atoms with E-state index in [1.54, 1.807) is 12.4 Å². The fourth-order valence-electron chi connectivity index (χ4n) is 4.73. The molecule has 7 aromatic rings. The Hall–Kier alpha value is -4.65. The fraction of sp³-hybridized carbons (Fsp3) is 0.0741. The van der Waals surface area contributed by atoms with Gasteiger partial charge in [-0.15, -0.1) is 0 Å². The minimum Gasteiger partial charge on any atom is -0.494 e. The number of aromatic nitrogens is 5. The average molecular weight is 442 g/mol. The maximum Gasteiger partial charge on any atom is 0.120 e. The molecule has 4 heterocycles. The largest absolute Gasteiger partial charge is 0.494 e. The summed E-state index contributed by atoms with van der Waals surface area (Å²) >= 11 is 0.